The third-order valence-electron chi connectivity index (χ3n) is 4.85. The third-order valence-corrected chi connectivity index (χ3v) is 5.23. The summed E-state index contributed by atoms with van der Waals surface area (Å²) in [7, 11) is 2.50. The molecule has 0 saturated carbocycles. The van der Waals surface area contributed by atoms with Gasteiger partial charge >= 0.3 is 17.9 Å². The molecule has 1 aliphatic heterocycles. The standard InChI is InChI=1S/C21H29N3O6S/c1-28-18(25)13-17(20(27)29-2)22-21(31)24-10-6-9-23(11-12-24)14-19(26)30-15-16-7-4-3-5-8-16/h3-5,7-8,17H,6,9-15H2,1-2H3,(H,22,31). The van der Waals surface area contributed by atoms with Crippen LogP contribution >= 0.6 is 12.2 Å². The second-order valence-electron chi connectivity index (χ2n) is 7.07. The highest BCUT2D eigenvalue weighted by Crippen LogP contribution is 2.07. The first-order valence-corrected chi connectivity index (χ1v) is 10.5. The second kappa shape index (κ2) is 12.9. The fourth-order valence-electron chi connectivity index (χ4n) is 3.12. The zero-order chi connectivity index (χ0) is 22.6. The smallest absolute Gasteiger partial charge is 0.328 e. The van der Waals surface area contributed by atoms with Crippen molar-refractivity contribution in [1.82, 2.24) is 15.1 Å². The lowest BCUT2D eigenvalue weighted by Crippen LogP contribution is -2.50. The highest BCUT2D eigenvalue weighted by Gasteiger charge is 2.26. The molecule has 9 nitrogen and oxygen atoms in total. The van der Waals surface area contributed by atoms with E-state index in [4.69, 9.17) is 21.7 Å². The van der Waals surface area contributed by atoms with Gasteiger partial charge in [0.1, 0.15) is 12.6 Å². The number of thiocarbonyl (C=S) groups is 1. The maximum Gasteiger partial charge on any atom is 0.328 e. The zero-order valence-electron chi connectivity index (χ0n) is 17.9. The summed E-state index contributed by atoms with van der Waals surface area (Å²) in [5, 5.41) is 3.25. The van der Waals surface area contributed by atoms with Gasteiger partial charge in [0.05, 0.1) is 27.2 Å². The summed E-state index contributed by atoms with van der Waals surface area (Å²) in [5.74, 6) is -1.41. The van der Waals surface area contributed by atoms with E-state index in [-0.39, 0.29) is 25.5 Å². The highest BCUT2D eigenvalue weighted by atomic mass is 32.1. The molecule has 170 valence electrons. The number of rotatable bonds is 8. The zero-order valence-corrected chi connectivity index (χ0v) is 18.7. The monoisotopic (exact) mass is 451 g/mol. The van der Waals surface area contributed by atoms with E-state index >= 15 is 0 Å². The lowest BCUT2D eigenvalue weighted by Gasteiger charge is -2.27. The summed E-state index contributed by atoms with van der Waals surface area (Å²) in [6.45, 7) is 3.03. The molecule has 1 N–H and O–H groups in total. The highest BCUT2D eigenvalue weighted by molar-refractivity contribution is 7.80. The number of ether oxygens (including phenoxy) is 3. The number of carbonyl (C=O) groups is 3. The summed E-state index contributed by atoms with van der Waals surface area (Å²) >= 11 is 5.43. The minimum absolute atomic E-state index is 0.184. The predicted molar refractivity (Wildman–Crippen MR) is 117 cm³/mol. The molecule has 2 rings (SSSR count). The van der Waals surface area contributed by atoms with Gasteiger partial charge in [0.25, 0.3) is 0 Å². The van der Waals surface area contributed by atoms with Gasteiger partial charge < -0.3 is 24.4 Å². The fourth-order valence-corrected chi connectivity index (χ4v) is 3.45. The Balaban J connectivity index is 1.81. The summed E-state index contributed by atoms with van der Waals surface area (Å²) in [6.07, 6.45) is 0.601. The van der Waals surface area contributed by atoms with Crippen LogP contribution in [0.3, 0.4) is 0 Å². The quantitative estimate of drug-likeness (QED) is 0.346. The van der Waals surface area contributed by atoms with Crippen molar-refractivity contribution < 1.29 is 28.6 Å². The number of nitrogens with one attached hydrogen (secondary N) is 1. The van der Waals surface area contributed by atoms with E-state index in [9.17, 15) is 14.4 Å². The molecule has 0 bridgehead atoms. The Labute approximate surface area is 187 Å². The normalized spacial score (nSPS) is 15.4. The molecule has 1 aromatic rings. The van der Waals surface area contributed by atoms with Gasteiger partial charge in [-0.1, -0.05) is 30.3 Å². The van der Waals surface area contributed by atoms with E-state index < -0.39 is 18.0 Å². The lowest BCUT2D eigenvalue weighted by atomic mass is 10.2. The second-order valence-corrected chi connectivity index (χ2v) is 7.46. The summed E-state index contributed by atoms with van der Waals surface area (Å²) in [6, 6.07) is 8.62. The van der Waals surface area contributed by atoms with Crippen molar-refractivity contribution in [2.24, 2.45) is 0 Å². The Morgan fingerprint density at radius 1 is 1.03 bits per heavy atom. The van der Waals surface area contributed by atoms with Crippen LogP contribution in [0.2, 0.25) is 0 Å². The van der Waals surface area contributed by atoms with Crippen LogP contribution in [-0.2, 0) is 35.2 Å². The van der Waals surface area contributed by atoms with Crippen LogP contribution in [0.1, 0.15) is 18.4 Å². The van der Waals surface area contributed by atoms with Crippen molar-refractivity contribution in [3.63, 3.8) is 0 Å². The van der Waals surface area contributed by atoms with Gasteiger partial charge in [-0.05, 0) is 24.2 Å². The first kappa shape index (κ1) is 24.5. The molecule has 1 atom stereocenters. The van der Waals surface area contributed by atoms with Gasteiger partial charge in [-0.25, -0.2) is 4.79 Å². The number of benzene rings is 1. The van der Waals surface area contributed by atoms with Gasteiger partial charge in [0.15, 0.2) is 5.11 Å². The van der Waals surface area contributed by atoms with Crippen LogP contribution < -0.4 is 5.32 Å². The van der Waals surface area contributed by atoms with Crippen LogP contribution in [0.5, 0.6) is 0 Å². The number of carbonyl (C=O) groups excluding carboxylic acids is 3. The number of methoxy groups -OCH3 is 2. The van der Waals surface area contributed by atoms with E-state index in [1.807, 2.05) is 40.1 Å². The average molecular weight is 452 g/mol. The van der Waals surface area contributed by atoms with Crippen LogP contribution in [-0.4, -0.2) is 85.8 Å². The third kappa shape index (κ3) is 8.50. The minimum atomic E-state index is -0.919. The molecule has 1 aliphatic rings. The van der Waals surface area contributed by atoms with E-state index in [1.54, 1.807) is 0 Å². The molecule has 1 saturated heterocycles. The van der Waals surface area contributed by atoms with Gasteiger partial charge in [0, 0.05) is 26.2 Å². The maximum absolute atomic E-state index is 12.2. The van der Waals surface area contributed by atoms with Crippen molar-refractivity contribution in [3.05, 3.63) is 35.9 Å². The molecule has 0 aliphatic carbocycles. The lowest BCUT2D eigenvalue weighted by molar-refractivity contribution is -0.149. The molecule has 31 heavy (non-hydrogen) atoms. The van der Waals surface area contributed by atoms with Crippen molar-refractivity contribution in [2.45, 2.75) is 25.5 Å². The topological polar surface area (TPSA) is 97.4 Å². The first-order chi connectivity index (χ1) is 14.9. The molecular weight excluding hydrogens is 422 g/mol. The Kier molecular flexibility index (Phi) is 10.2. The van der Waals surface area contributed by atoms with Crippen LogP contribution in [0, 0.1) is 0 Å². The molecule has 1 unspecified atom stereocenters. The number of hydrogen-bond donors (Lipinski definition) is 1. The summed E-state index contributed by atoms with van der Waals surface area (Å²) < 4.78 is 14.7. The van der Waals surface area contributed by atoms with E-state index in [0.29, 0.717) is 24.7 Å². The van der Waals surface area contributed by atoms with Gasteiger partial charge in [-0.3, -0.25) is 14.5 Å². The summed E-state index contributed by atoms with van der Waals surface area (Å²) in [5.41, 5.74) is 0.946. The number of nitrogens with zero attached hydrogens (tertiary/aromatic N) is 2. The Morgan fingerprint density at radius 2 is 1.77 bits per heavy atom. The molecule has 0 amide bonds. The maximum atomic E-state index is 12.2. The van der Waals surface area contributed by atoms with E-state index in [0.717, 1.165) is 18.5 Å². The van der Waals surface area contributed by atoms with Crippen molar-refractivity contribution in [3.8, 4) is 0 Å². The van der Waals surface area contributed by atoms with Gasteiger partial charge in [0.2, 0.25) is 0 Å². The van der Waals surface area contributed by atoms with Crippen LogP contribution in [0.4, 0.5) is 0 Å². The number of hydrogen-bond acceptors (Lipinski definition) is 8. The summed E-state index contributed by atoms with van der Waals surface area (Å²) in [4.78, 5) is 39.6. The molecule has 0 spiro atoms. The fraction of sp³-hybridized carbons (Fsp3) is 0.524. The van der Waals surface area contributed by atoms with Gasteiger partial charge in [-0.2, -0.15) is 0 Å². The van der Waals surface area contributed by atoms with Gasteiger partial charge in [-0.15, -0.1) is 0 Å². The minimum Gasteiger partial charge on any atom is -0.469 e. The molecule has 1 aromatic carbocycles. The Bertz CT molecular complexity index is 761. The number of esters is 3. The molecule has 1 heterocycles. The molecule has 1 fully saturated rings. The first-order valence-electron chi connectivity index (χ1n) is 10.0. The Morgan fingerprint density at radius 3 is 2.45 bits per heavy atom. The SMILES string of the molecule is COC(=O)CC(NC(=S)N1CCCN(CC(=O)OCc2ccccc2)CC1)C(=O)OC. The molecule has 0 aromatic heterocycles. The predicted octanol–water partition coefficient (Wildman–Crippen LogP) is 0.717. The van der Waals surface area contributed by atoms with E-state index in [1.165, 1.54) is 14.2 Å². The van der Waals surface area contributed by atoms with Crippen LogP contribution in [0.15, 0.2) is 30.3 Å². The van der Waals surface area contributed by atoms with E-state index in [2.05, 4.69) is 10.1 Å². The van der Waals surface area contributed by atoms with Crippen molar-refractivity contribution in [2.75, 3.05) is 46.9 Å². The van der Waals surface area contributed by atoms with Crippen molar-refractivity contribution >= 4 is 35.2 Å². The largest absolute Gasteiger partial charge is 0.469 e. The Hall–Kier alpha value is -2.72. The average Bonchev–Trinajstić information content (AvgIpc) is 3.02. The molecule has 0 radical (unpaired) electrons. The van der Waals surface area contributed by atoms with Crippen molar-refractivity contribution in [1.29, 1.82) is 0 Å². The molecule has 10 heteroatoms. The molecular formula is C21H29N3O6S. The van der Waals surface area contributed by atoms with Crippen LogP contribution in [0.25, 0.3) is 0 Å².